The van der Waals surface area contributed by atoms with Crippen LogP contribution in [-0.4, -0.2) is 63.5 Å². The topological polar surface area (TPSA) is 108 Å². The molecular weight excluding hydrogens is 514 g/mol. The van der Waals surface area contributed by atoms with Gasteiger partial charge in [0.05, 0.1) is 23.2 Å². The van der Waals surface area contributed by atoms with E-state index in [4.69, 9.17) is 4.74 Å². The summed E-state index contributed by atoms with van der Waals surface area (Å²) in [6.45, 7) is 3.42. The Balaban J connectivity index is 1.36. The fourth-order valence-electron chi connectivity index (χ4n) is 6.47. The summed E-state index contributed by atoms with van der Waals surface area (Å²) in [6, 6.07) is 16.4. The number of rotatable bonds is 12. The van der Waals surface area contributed by atoms with Crippen LogP contribution < -0.4 is 15.4 Å². The molecule has 5 atom stereocenters. The lowest BCUT2D eigenvalue weighted by Gasteiger charge is -2.34. The molecule has 3 saturated heterocycles. The maximum Gasteiger partial charge on any atom is 0.244 e. The van der Waals surface area contributed by atoms with Crippen molar-refractivity contribution in [1.82, 2.24) is 10.2 Å². The Bertz CT molecular complexity index is 1180. The monoisotopic (exact) mass is 551 g/mol. The van der Waals surface area contributed by atoms with Crippen LogP contribution in [0.4, 0.5) is 5.69 Å². The number of thioether (sulfide) groups is 1. The van der Waals surface area contributed by atoms with Crippen LogP contribution in [0.1, 0.15) is 44.6 Å². The molecule has 3 heterocycles. The predicted octanol–water partition coefficient (Wildman–Crippen LogP) is 3.59. The van der Waals surface area contributed by atoms with Gasteiger partial charge in [0.15, 0.2) is 0 Å². The van der Waals surface area contributed by atoms with Crippen LogP contribution >= 0.6 is 11.8 Å². The van der Waals surface area contributed by atoms with E-state index in [9.17, 15) is 19.5 Å². The van der Waals surface area contributed by atoms with E-state index in [-0.39, 0.29) is 29.6 Å². The van der Waals surface area contributed by atoms with Crippen molar-refractivity contribution in [2.24, 2.45) is 11.8 Å². The molecule has 1 spiro atoms. The van der Waals surface area contributed by atoms with Crippen molar-refractivity contribution in [3.63, 3.8) is 0 Å². The molecule has 2 aromatic carbocycles. The first-order chi connectivity index (χ1) is 19.0. The second-order valence-corrected chi connectivity index (χ2v) is 12.1. The number of benzene rings is 2. The summed E-state index contributed by atoms with van der Waals surface area (Å²) in [5, 5.41) is 15.3. The Morgan fingerprint density at radius 2 is 1.85 bits per heavy atom. The van der Waals surface area contributed by atoms with Crippen molar-refractivity contribution in [3.05, 3.63) is 60.2 Å². The van der Waals surface area contributed by atoms with E-state index in [1.807, 2.05) is 61.5 Å². The number of anilines is 1. The summed E-state index contributed by atoms with van der Waals surface area (Å²) >= 11 is 1.67. The number of nitrogens with zero attached hydrogens (tertiary/aromatic N) is 1. The van der Waals surface area contributed by atoms with E-state index in [2.05, 4.69) is 10.6 Å². The number of hydrogen-bond acceptors (Lipinski definition) is 6. The van der Waals surface area contributed by atoms with Crippen molar-refractivity contribution >= 4 is 35.2 Å². The molecule has 2 bridgehead atoms. The van der Waals surface area contributed by atoms with E-state index >= 15 is 0 Å². The van der Waals surface area contributed by atoms with Crippen molar-refractivity contribution < 1.29 is 24.2 Å². The molecule has 0 saturated carbocycles. The van der Waals surface area contributed by atoms with E-state index in [0.717, 1.165) is 30.6 Å². The number of nitrogens with one attached hydrogen (secondary N) is 2. The van der Waals surface area contributed by atoms with Crippen molar-refractivity contribution in [1.29, 1.82) is 0 Å². The molecule has 2 unspecified atom stereocenters. The van der Waals surface area contributed by atoms with E-state index in [1.165, 1.54) is 0 Å². The zero-order valence-electron chi connectivity index (χ0n) is 22.3. The minimum absolute atomic E-state index is 0.00242. The molecule has 2 aromatic rings. The number of carbonyl (C=O) groups is 3. The molecule has 3 N–H and O–H groups in total. The van der Waals surface area contributed by atoms with Gasteiger partial charge in [-0.25, -0.2) is 0 Å². The average molecular weight is 552 g/mol. The second-order valence-electron chi connectivity index (χ2n) is 10.5. The number of amides is 3. The Morgan fingerprint density at radius 3 is 2.56 bits per heavy atom. The molecule has 5 rings (SSSR count). The molecule has 0 aliphatic carbocycles. The van der Waals surface area contributed by atoms with Gasteiger partial charge in [0.1, 0.15) is 11.8 Å². The highest BCUT2D eigenvalue weighted by Gasteiger charge is 2.73. The molecule has 0 aromatic heterocycles. The first kappa shape index (κ1) is 27.5. The van der Waals surface area contributed by atoms with Gasteiger partial charge in [-0.15, -0.1) is 11.8 Å². The van der Waals surface area contributed by atoms with Gasteiger partial charge in [0, 0.05) is 30.6 Å². The molecule has 3 aliphatic heterocycles. The lowest BCUT2D eigenvalue weighted by atomic mass is 9.70. The highest BCUT2D eigenvalue weighted by molar-refractivity contribution is 8.02. The van der Waals surface area contributed by atoms with Crippen LogP contribution in [0.2, 0.25) is 0 Å². The van der Waals surface area contributed by atoms with Gasteiger partial charge in [-0.1, -0.05) is 30.3 Å². The predicted molar refractivity (Wildman–Crippen MR) is 151 cm³/mol. The van der Waals surface area contributed by atoms with Crippen molar-refractivity contribution in [3.8, 4) is 5.75 Å². The van der Waals surface area contributed by atoms with Crippen LogP contribution in [0.3, 0.4) is 0 Å². The third kappa shape index (κ3) is 5.39. The van der Waals surface area contributed by atoms with Crippen LogP contribution in [0.25, 0.3) is 0 Å². The first-order valence-corrected chi connectivity index (χ1v) is 14.8. The number of carbonyl (C=O) groups excluding carboxylic acids is 3. The second kappa shape index (κ2) is 12.0. The van der Waals surface area contributed by atoms with Crippen molar-refractivity contribution in [2.45, 2.75) is 61.6 Å². The van der Waals surface area contributed by atoms with E-state index in [0.29, 0.717) is 38.2 Å². The lowest BCUT2D eigenvalue weighted by Crippen LogP contribution is -2.53. The Kier molecular flexibility index (Phi) is 8.47. The Labute approximate surface area is 233 Å². The fraction of sp³-hybridized carbons (Fsp3) is 0.500. The van der Waals surface area contributed by atoms with Gasteiger partial charge in [-0.3, -0.25) is 14.4 Å². The number of fused-ring (bicyclic) bond motifs is 1. The highest BCUT2D eigenvalue weighted by atomic mass is 32.2. The maximum atomic E-state index is 14.0. The fourth-order valence-corrected chi connectivity index (χ4v) is 8.69. The maximum absolute atomic E-state index is 14.0. The minimum atomic E-state index is -0.619. The summed E-state index contributed by atoms with van der Waals surface area (Å²) < 4.78 is 4.89. The van der Waals surface area contributed by atoms with Crippen LogP contribution in [0.5, 0.6) is 5.75 Å². The van der Waals surface area contributed by atoms with Gasteiger partial charge < -0.3 is 25.4 Å². The summed E-state index contributed by atoms with van der Waals surface area (Å²) in [5.74, 6) is -0.707. The first-order valence-electron chi connectivity index (χ1n) is 13.9. The summed E-state index contributed by atoms with van der Waals surface area (Å²) in [6.07, 6.45) is 3.67. The average Bonchev–Trinajstić information content (AvgIpc) is 3.59. The number of ether oxygens (including phenoxy) is 1. The zero-order chi connectivity index (χ0) is 27.4. The Morgan fingerprint density at radius 1 is 1.08 bits per heavy atom. The van der Waals surface area contributed by atoms with E-state index < -0.39 is 22.6 Å². The molecule has 0 radical (unpaired) electrons. The van der Waals surface area contributed by atoms with Crippen LogP contribution in [-0.2, 0) is 20.9 Å². The molecule has 39 heavy (non-hydrogen) atoms. The number of aliphatic hydroxyl groups is 1. The van der Waals surface area contributed by atoms with Gasteiger partial charge in [-0.2, -0.15) is 0 Å². The number of hydrogen-bond donors (Lipinski definition) is 3. The van der Waals surface area contributed by atoms with Crippen LogP contribution in [0, 0.1) is 11.8 Å². The summed E-state index contributed by atoms with van der Waals surface area (Å²) in [7, 11) is 0. The van der Waals surface area contributed by atoms with Gasteiger partial charge >= 0.3 is 0 Å². The quantitative estimate of drug-likeness (QED) is 0.348. The highest BCUT2D eigenvalue weighted by Crippen LogP contribution is 2.66. The lowest BCUT2D eigenvalue weighted by molar-refractivity contribution is -0.139. The molecule has 9 heteroatoms. The molecular formula is C30H37N3O5S. The zero-order valence-corrected chi connectivity index (χ0v) is 23.1. The number of aliphatic hydroxyl groups excluding tert-OH is 1. The third-order valence-corrected chi connectivity index (χ3v) is 10.1. The largest absolute Gasteiger partial charge is 0.494 e. The SMILES string of the molecule is CCOc1ccc(NC(=O)[C@@H]2[C@@H]3CCC4(S3)C(C(=O)NCc3ccccc3)N(CCCCCO)C(=O)[C@H]24)cc1. The molecule has 3 aliphatic rings. The standard InChI is InChI=1S/C30H37N3O5S/c1-2-38-22-13-11-21(12-14-22)32-27(35)24-23-15-16-30(39-23)25(24)29(37)33(17-7-4-8-18-34)26(30)28(36)31-19-20-9-5-3-6-10-20/h3,5-6,9-14,23-26,34H,2,4,7-8,15-19H2,1H3,(H,31,36)(H,32,35)/t23-,24+,25-,26?,30?/m0/s1. The number of unbranched alkanes of at least 4 members (excludes halogenated alkanes) is 2. The third-order valence-electron chi connectivity index (χ3n) is 8.15. The summed E-state index contributed by atoms with van der Waals surface area (Å²) in [4.78, 5) is 43.1. The van der Waals surface area contributed by atoms with Gasteiger partial charge in [0.2, 0.25) is 17.7 Å². The Hall–Kier alpha value is -3.04. The number of likely N-dealkylation sites (tertiary alicyclic amines) is 1. The van der Waals surface area contributed by atoms with Gasteiger partial charge in [0.25, 0.3) is 0 Å². The summed E-state index contributed by atoms with van der Waals surface area (Å²) in [5.41, 5.74) is 1.66. The molecule has 3 amide bonds. The molecule has 3 fully saturated rings. The van der Waals surface area contributed by atoms with Gasteiger partial charge in [-0.05, 0) is 68.9 Å². The molecule has 8 nitrogen and oxygen atoms in total. The van der Waals surface area contributed by atoms with E-state index in [1.54, 1.807) is 16.7 Å². The smallest absolute Gasteiger partial charge is 0.244 e. The normalized spacial score (nSPS) is 26.9. The minimum Gasteiger partial charge on any atom is -0.494 e. The molecule has 208 valence electrons. The van der Waals surface area contributed by atoms with Crippen LogP contribution in [0.15, 0.2) is 54.6 Å². The van der Waals surface area contributed by atoms with Crippen molar-refractivity contribution in [2.75, 3.05) is 25.1 Å².